The number of benzene rings is 3. The second-order valence-electron chi connectivity index (χ2n) is 6.72. The van der Waals surface area contributed by atoms with Crippen LogP contribution in [0, 0.1) is 10.1 Å². The third-order valence-corrected chi connectivity index (χ3v) is 4.31. The van der Waals surface area contributed by atoms with Gasteiger partial charge in [0.15, 0.2) is 0 Å². The Morgan fingerprint density at radius 2 is 1.18 bits per heavy atom. The van der Waals surface area contributed by atoms with E-state index >= 15 is 0 Å². The van der Waals surface area contributed by atoms with Gasteiger partial charge in [-0.05, 0) is 59.0 Å². The van der Waals surface area contributed by atoms with Crippen LogP contribution >= 0.6 is 0 Å². The summed E-state index contributed by atoms with van der Waals surface area (Å²) in [7, 11) is 0. The van der Waals surface area contributed by atoms with Crippen LogP contribution in [0.3, 0.4) is 0 Å². The van der Waals surface area contributed by atoms with Gasteiger partial charge in [0.25, 0.3) is 5.69 Å². The molecule has 0 fully saturated rings. The molecule has 3 aromatic rings. The first-order chi connectivity index (χ1) is 13.5. The van der Waals surface area contributed by atoms with E-state index in [9.17, 15) is 10.1 Å². The summed E-state index contributed by atoms with van der Waals surface area (Å²) in [5, 5.41) is 19.2. The van der Waals surface area contributed by atoms with Gasteiger partial charge >= 0.3 is 0 Å². The van der Waals surface area contributed by atoms with Gasteiger partial charge in [-0.15, -0.1) is 0 Å². The molecule has 140 valence electrons. The minimum atomic E-state index is -0.403. The van der Waals surface area contributed by atoms with Crippen molar-refractivity contribution in [2.45, 2.75) is 19.8 Å². The molecule has 3 rings (SSSR count). The lowest BCUT2D eigenvalue weighted by atomic mass is 10.0. The van der Waals surface area contributed by atoms with Crippen LogP contribution in [0.25, 0.3) is 12.2 Å². The van der Waals surface area contributed by atoms with Crippen molar-refractivity contribution in [3.63, 3.8) is 0 Å². The van der Waals surface area contributed by atoms with Crippen molar-refractivity contribution in [1.82, 2.24) is 0 Å². The van der Waals surface area contributed by atoms with Crippen LogP contribution in [0.4, 0.5) is 17.1 Å². The third kappa shape index (κ3) is 5.20. The minimum absolute atomic E-state index is 0.0886. The lowest BCUT2D eigenvalue weighted by Gasteiger charge is -2.03. The van der Waals surface area contributed by atoms with Crippen LogP contribution in [0.5, 0.6) is 0 Å². The Hall–Kier alpha value is -3.60. The number of nitrogens with zero attached hydrogens (tertiary/aromatic N) is 3. The van der Waals surface area contributed by atoms with Crippen LogP contribution in [0.15, 0.2) is 83.0 Å². The summed E-state index contributed by atoms with van der Waals surface area (Å²) in [4.78, 5) is 10.3. The summed E-state index contributed by atoms with van der Waals surface area (Å²) >= 11 is 0. The van der Waals surface area contributed by atoms with Gasteiger partial charge in [0, 0.05) is 12.1 Å². The molecule has 0 spiro atoms. The molecule has 0 N–H and O–H groups in total. The molecular formula is C23H21N3O2. The van der Waals surface area contributed by atoms with Gasteiger partial charge in [0.05, 0.1) is 16.3 Å². The van der Waals surface area contributed by atoms with E-state index in [1.165, 1.54) is 17.7 Å². The topological polar surface area (TPSA) is 67.9 Å². The highest BCUT2D eigenvalue weighted by molar-refractivity contribution is 5.70. The summed E-state index contributed by atoms with van der Waals surface area (Å²) in [6.45, 7) is 4.32. The molecule has 5 nitrogen and oxygen atoms in total. The van der Waals surface area contributed by atoms with Crippen molar-refractivity contribution < 1.29 is 4.92 Å². The summed E-state index contributed by atoms with van der Waals surface area (Å²) in [6, 6.07) is 22.3. The van der Waals surface area contributed by atoms with Crippen LogP contribution in [-0.2, 0) is 0 Å². The minimum Gasteiger partial charge on any atom is -0.258 e. The first-order valence-corrected chi connectivity index (χ1v) is 9.05. The molecule has 0 bridgehead atoms. The summed E-state index contributed by atoms with van der Waals surface area (Å²) in [5.41, 5.74) is 4.89. The number of nitro benzene ring substituents is 1. The average Bonchev–Trinajstić information content (AvgIpc) is 2.72. The number of rotatable bonds is 6. The predicted octanol–water partition coefficient (Wildman–Crippen LogP) is 7.30. The molecule has 0 saturated carbocycles. The zero-order chi connectivity index (χ0) is 19.9. The molecule has 0 aliphatic rings. The number of hydrogen-bond acceptors (Lipinski definition) is 4. The zero-order valence-electron chi connectivity index (χ0n) is 15.8. The molecule has 3 aromatic carbocycles. The van der Waals surface area contributed by atoms with Crippen LogP contribution < -0.4 is 0 Å². The van der Waals surface area contributed by atoms with E-state index in [2.05, 4.69) is 36.2 Å². The maximum Gasteiger partial charge on any atom is 0.269 e. The van der Waals surface area contributed by atoms with E-state index in [4.69, 9.17) is 0 Å². The normalized spacial score (nSPS) is 11.5. The van der Waals surface area contributed by atoms with Crippen molar-refractivity contribution in [3.8, 4) is 0 Å². The fourth-order valence-corrected chi connectivity index (χ4v) is 2.59. The van der Waals surface area contributed by atoms with Gasteiger partial charge in [-0.2, -0.15) is 10.2 Å². The molecule has 0 aliphatic heterocycles. The Bertz CT molecular complexity index is 988. The predicted molar refractivity (Wildman–Crippen MR) is 113 cm³/mol. The first kappa shape index (κ1) is 19.2. The van der Waals surface area contributed by atoms with Crippen molar-refractivity contribution >= 4 is 29.2 Å². The van der Waals surface area contributed by atoms with Gasteiger partial charge < -0.3 is 0 Å². The molecule has 0 atom stereocenters. The fraction of sp³-hybridized carbons (Fsp3) is 0.130. The smallest absolute Gasteiger partial charge is 0.258 e. The molecule has 0 amide bonds. The number of hydrogen-bond donors (Lipinski definition) is 0. The number of non-ortho nitro benzene ring substituents is 1. The van der Waals surface area contributed by atoms with Crippen LogP contribution in [-0.4, -0.2) is 4.92 Å². The highest BCUT2D eigenvalue weighted by Crippen LogP contribution is 2.22. The van der Waals surface area contributed by atoms with Gasteiger partial charge in [0.2, 0.25) is 0 Å². The zero-order valence-corrected chi connectivity index (χ0v) is 15.8. The molecule has 0 aromatic heterocycles. The standard InChI is InChI=1S/C23H21N3O2/c1-17(2)20-9-13-22(14-10-20)25-24-21-11-5-18(6-12-21)3-4-19-7-15-23(16-8-19)26(27)28/h3-17H,1-2H3. The van der Waals surface area contributed by atoms with Gasteiger partial charge in [0.1, 0.15) is 0 Å². The van der Waals surface area contributed by atoms with Crippen LogP contribution in [0.2, 0.25) is 0 Å². The van der Waals surface area contributed by atoms with E-state index in [1.54, 1.807) is 12.1 Å². The maximum absolute atomic E-state index is 10.7. The first-order valence-electron chi connectivity index (χ1n) is 9.05. The highest BCUT2D eigenvalue weighted by Gasteiger charge is 2.02. The lowest BCUT2D eigenvalue weighted by Crippen LogP contribution is -1.86. The lowest BCUT2D eigenvalue weighted by molar-refractivity contribution is -0.384. The molecule has 0 unspecified atom stereocenters. The Morgan fingerprint density at radius 3 is 1.61 bits per heavy atom. The summed E-state index contributed by atoms with van der Waals surface area (Å²) in [5.74, 6) is 0.498. The SMILES string of the molecule is CC(C)c1ccc(N=Nc2ccc(C=Cc3ccc([N+](=O)[O-])cc3)cc2)cc1. The molecule has 5 heteroatoms. The van der Waals surface area contributed by atoms with Crippen molar-refractivity contribution in [3.05, 3.63) is 99.6 Å². The molecule has 0 radical (unpaired) electrons. The van der Waals surface area contributed by atoms with E-state index in [0.717, 1.165) is 22.5 Å². The van der Waals surface area contributed by atoms with E-state index in [1.807, 2.05) is 48.6 Å². The monoisotopic (exact) mass is 371 g/mol. The second kappa shape index (κ2) is 8.86. The summed E-state index contributed by atoms with van der Waals surface area (Å²) in [6.07, 6.45) is 3.86. The third-order valence-electron chi connectivity index (χ3n) is 4.31. The Morgan fingerprint density at radius 1 is 0.750 bits per heavy atom. The Kier molecular flexibility index (Phi) is 6.07. The van der Waals surface area contributed by atoms with Crippen LogP contribution in [0.1, 0.15) is 36.5 Å². The molecule has 28 heavy (non-hydrogen) atoms. The van der Waals surface area contributed by atoms with Crippen molar-refractivity contribution in [2.75, 3.05) is 0 Å². The Labute approximate surface area is 164 Å². The van der Waals surface area contributed by atoms with Crippen molar-refractivity contribution in [1.29, 1.82) is 0 Å². The molecular weight excluding hydrogens is 350 g/mol. The average molecular weight is 371 g/mol. The van der Waals surface area contributed by atoms with E-state index < -0.39 is 4.92 Å². The van der Waals surface area contributed by atoms with Gasteiger partial charge in [-0.3, -0.25) is 10.1 Å². The summed E-state index contributed by atoms with van der Waals surface area (Å²) < 4.78 is 0. The Balaban J connectivity index is 1.63. The van der Waals surface area contributed by atoms with Gasteiger partial charge in [-0.25, -0.2) is 0 Å². The largest absolute Gasteiger partial charge is 0.269 e. The quantitative estimate of drug-likeness (QED) is 0.197. The number of nitro groups is 1. The number of azo groups is 1. The van der Waals surface area contributed by atoms with Crippen molar-refractivity contribution in [2.24, 2.45) is 10.2 Å². The maximum atomic E-state index is 10.7. The van der Waals surface area contributed by atoms with E-state index in [0.29, 0.717) is 5.92 Å². The fourth-order valence-electron chi connectivity index (χ4n) is 2.59. The van der Waals surface area contributed by atoms with Gasteiger partial charge in [-0.1, -0.05) is 50.3 Å². The molecule has 0 heterocycles. The second-order valence-corrected chi connectivity index (χ2v) is 6.72. The molecule has 0 aliphatic carbocycles. The van der Waals surface area contributed by atoms with E-state index in [-0.39, 0.29) is 5.69 Å². The highest BCUT2D eigenvalue weighted by atomic mass is 16.6. The molecule has 0 saturated heterocycles.